The van der Waals surface area contributed by atoms with Crippen molar-refractivity contribution in [1.82, 2.24) is 0 Å². The van der Waals surface area contributed by atoms with Gasteiger partial charge in [-0.2, -0.15) is 0 Å². The number of halogens is 2. The molecule has 226 valence electrons. The van der Waals surface area contributed by atoms with Crippen molar-refractivity contribution < 1.29 is 42.9 Å². The van der Waals surface area contributed by atoms with Gasteiger partial charge in [-0.15, -0.1) is 11.6 Å². The van der Waals surface area contributed by atoms with Gasteiger partial charge < -0.3 is 23.7 Å². The van der Waals surface area contributed by atoms with Crippen molar-refractivity contribution in [2.75, 3.05) is 12.5 Å². The van der Waals surface area contributed by atoms with Crippen LogP contribution in [0.4, 0.5) is 0 Å². The zero-order valence-electron chi connectivity index (χ0n) is 23.7. The molecule has 0 bridgehead atoms. The van der Waals surface area contributed by atoms with Gasteiger partial charge in [-0.25, -0.2) is 14.4 Å². The second kappa shape index (κ2) is 14.6. The maximum absolute atomic E-state index is 13.4. The van der Waals surface area contributed by atoms with Gasteiger partial charge in [-0.3, -0.25) is 4.79 Å². The van der Waals surface area contributed by atoms with Crippen LogP contribution in [0.1, 0.15) is 47.8 Å². The van der Waals surface area contributed by atoms with E-state index >= 15 is 0 Å². The average molecular weight is 674 g/mol. The molecule has 43 heavy (non-hydrogen) atoms. The number of benzene rings is 3. The molecule has 4 rings (SSSR count). The highest BCUT2D eigenvalue weighted by atomic mass is 79.9. The summed E-state index contributed by atoms with van der Waals surface area (Å²) in [6.45, 7) is 5.23. The average Bonchev–Trinajstić information content (AvgIpc) is 2.99. The lowest BCUT2D eigenvalue weighted by Gasteiger charge is -2.43. The van der Waals surface area contributed by atoms with Gasteiger partial charge >= 0.3 is 23.9 Å². The summed E-state index contributed by atoms with van der Waals surface area (Å²) >= 11 is 8.98. The first kappa shape index (κ1) is 32.2. The van der Waals surface area contributed by atoms with Crippen molar-refractivity contribution in [3.8, 4) is 0 Å². The van der Waals surface area contributed by atoms with Crippen molar-refractivity contribution in [1.29, 1.82) is 0 Å². The van der Waals surface area contributed by atoms with Crippen molar-refractivity contribution in [2.45, 2.75) is 50.2 Å². The highest BCUT2D eigenvalue weighted by Gasteiger charge is 2.52. The zero-order chi connectivity index (χ0) is 31.1. The van der Waals surface area contributed by atoms with E-state index < -0.39 is 65.8 Å². The van der Waals surface area contributed by atoms with Gasteiger partial charge in [0.25, 0.3) is 0 Å². The summed E-state index contributed by atoms with van der Waals surface area (Å²) in [6, 6.07) is 20.0. The van der Waals surface area contributed by atoms with Crippen molar-refractivity contribution in [3.63, 3.8) is 0 Å². The number of ether oxygens (including phenoxy) is 5. The predicted octanol–water partition coefficient (Wildman–Crippen LogP) is 5.49. The number of carbonyl (C=O) groups excluding carboxylic acids is 4. The molecule has 1 saturated heterocycles. The summed E-state index contributed by atoms with van der Waals surface area (Å²) in [4.78, 5) is 51.8. The van der Waals surface area contributed by atoms with Gasteiger partial charge in [-0.05, 0) is 57.2 Å². The van der Waals surface area contributed by atoms with Crippen molar-refractivity contribution >= 4 is 51.4 Å². The fourth-order valence-corrected chi connectivity index (χ4v) is 5.02. The molecule has 1 aliphatic rings. The van der Waals surface area contributed by atoms with Gasteiger partial charge in [0.1, 0.15) is 18.6 Å². The first-order valence-corrected chi connectivity index (χ1v) is 14.8. The Bertz CT molecular complexity index is 1440. The number of esters is 4. The lowest BCUT2D eigenvalue weighted by molar-refractivity contribution is -0.209. The third kappa shape index (κ3) is 8.43. The molecule has 3 aromatic carbocycles. The molecular weight excluding hydrogens is 644 g/mol. The summed E-state index contributed by atoms with van der Waals surface area (Å²) < 4.78 is 28.8. The van der Waals surface area contributed by atoms with Crippen LogP contribution in [0.3, 0.4) is 0 Å². The number of rotatable bonds is 9. The molecule has 0 N–H and O–H groups in total. The van der Waals surface area contributed by atoms with Crippen LogP contribution < -0.4 is 0 Å². The molecular formula is C32H30BrClO9. The van der Waals surface area contributed by atoms with Gasteiger partial charge in [0.15, 0.2) is 23.3 Å². The van der Waals surface area contributed by atoms with Crippen LogP contribution in [-0.2, 0) is 28.5 Å². The SMILES string of the molecule is Cc1ccc(C(=O)O[C@@H]2[C@H](OC(=O)c3ccc(C)cc3)[C@@H](Br)O[C@H](COC(=O)CCl)[C@H]2OC(=O)c2ccc(C)cc2)cc1. The third-order valence-corrected chi connectivity index (χ3v) is 7.64. The quantitative estimate of drug-likeness (QED) is 0.165. The maximum Gasteiger partial charge on any atom is 0.338 e. The Morgan fingerprint density at radius 1 is 0.651 bits per heavy atom. The van der Waals surface area contributed by atoms with E-state index in [4.69, 9.17) is 35.3 Å². The molecule has 5 atom stereocenters. The minimum atomic E-state index is -1.38. The van der Waals surface area contributed by atoms with Crippen LogP contribution in [0.25, 0.3) is 0 Å². The third-order valence-electron chi connectivity index (χ3n) is 6.69. The van der Waals surface area contributed by atoms with Crippen LogP contribution >= 0.6 is 27.5 Å². The minimum Gasteiger partial charge on any atom is -0.462 e. The summed E-state index contributed by atoms with van der Waals surface area (Å²) in [5, 5.41) is -1.05. The molecule has 0 saturated carbocycles. The molecule has 11 heteroatoms. The van der Waals surface area contributed by atoms with Gasteiger partial charge in [-0.1, -0.05) is 69.0 Å². The molecule has 3 aromatic rings. The van der Waals surface area contributed by atoms with Crippen LogP contribution in [0, 0.1) is 20.8 Å². The topological polar surface area (TPSA) is 114 Å². The summed E-state index contributed by atoms with van der Waals surface area (Å²) in [5.41, 5.74) is 3.50. The number of hydrogen-bond donors (Lipinski definition) is 0. The van der Waals surface area contributed by atoms with Crippen LogP contribution in [-0.4, -0.2) is 65.8 Å². The first-order chi connectivity index (χ1) is 20.5. The fourth-order valence-electron chi connectivity index (χ4n) is 4.26. The van der Waals surface area contributed by atoms with E-state index in [9.17, 15) is 19.2 Å². The molecule has 0 aliphatic carbocycles. The standard InChI is InChI=1S/C32H30BrClO9/c1-18-4-10-21(11-5-18)30(36)41-26-24(17-39-25(35)16-34)40-29(33)28(43-32(38)23-14-8-20(3)9-15-23)27(26)42-31(37)22-12-6-19(2)7-13-22/h4-15,24,26-29H,16-17H2,1-3H3/t24-,26-,27+,28+,29+/m1/s1. The molecule has 0 amide bonds. The van der Waals surface area contributed by atoms with Gasteiger partial charge in [0.05, 0.1) is 16.7 Å². The predicted molar refractivity (Wildman–Crippen MR) is 160 cm³/mol. The fraction of sp³-hybridized carbons (Fsp3) is 0.312. The van der Waals surface area contributed by atoms with E-state index in [0.717, 1.165) is 16.7 Å². The Kier molecular flexibility index (Phi) is 11.0. The highest BCUT2D eigenvalue weighted by molar-refractivity contribution is 9.09. The largest absolute Gasteiger partial charge is 0.462 e. The maximum atomic E-state index is 13.4. The molecule has 0 aromatic heterocycles. The second-order valence-electron chi connectivity index (χ2n) is 10.1. The van der Waals surface area contributed by atoms with E-state index in [0.29, 0.717) is 0 Å². The molecule has 1 aliphatic heterocycles. The molecule has 1 fully saturated rings. The monoisotopic (exact) mass is 672 g/mol. The smallest absolute Gasteiger partial charge is 0.338 e. The Labute approximate surface area is 262 Å². The van der Waals surface area contributed by atoms with Crippen LogP contribution in [0.2, 0.25) is 0 Å². The highest BCUT2D eigenvalue weighted by Crippen LogP contribution is 2.33. The Hall–Kier alpha value is -3.73. The Morgan fingerprint density at radius 2 is 1.02 bits per heavy atom. The van der Waals surface area contributed by atoms with Crippen LogP contribution in [0.5, 0.6) is 0 Å². The summed E-state index contributed by atoms with van der Waals surface area (Å²) in [7, 11) is 0. The number of alkyl halides is 2. The summed E-state index contributed by atoms with van der Waals surface area (Å²) in [6.07, 6.45) is -5.15. The van der Waals surface area contributed by atoms with E-state index in [1.54, 1.807) is 72.8 Å². The normalized spacial score (nSPS) is 21.4. The Balaban J connectivity index is 1.70. The van der Waals surface area contributed by atoms with E-state index in [1.165, 1.54) is 0 Å². The van der Waals surface area contributed by atoms with Crippen molar-refractivity contribution in [3.05, 3.63) is 106 Å². The first-order valence-electron chi connectivity index (χ1n) is 13.4. The zero-order valence-corrected chi connectivity index (χ0v) is 26.0. The molecule has 1 heterocycles. The van der Waals surface area contributed by atoms with Crippen LogP contribution in [0.15, 0.2) is 72.8 Å². The number of hydrogen-bond acceptors (Lipinski definition) is 9. The van der Waals surface area contributed by atoms with E-state index in [2.05, 4.69) is 15.9 Å². The minimum absolute atomic E-state index is 0.222. The van der Waals surface area contributed by atoms with E-state index in [-0.39, 0.29) is 16.7 Å². The number of carbonyl (C=O) groups is 4. The van der Waals surface area contributed by atoms with Gasteiger partial charge in [0, 0.05) is 0 Å². The molecule has 0 spiro atoms. The van der Waals surface area contributed by atoms with Crippen molar-refractivity contribution in [2.24, 2.45) is 0 Å². The molecule has 0 unspecified atom stereocenters. The molecule has 9 nitrogen and oxygen atoms in total. The van der Waals surface area contributed by atoms with Gasteiger partial charge in [0.2, 0.25) is 0 Å². The Morgan fingerprint density at radius 3 is 1.42 bits per heavy atom. The summed E-state index contributed by atoms with van der Waals surface area (Å²) in [5.74, 6) is -3.38. The lowest BCUT2D eigenvalue weighted by atomic mass is 9.98. The second-order valence-corrected chi connectivity index (χ2v) is 11.2. The molecule has 0 radical (unpaired) electrons. The number of aryl methyl sites for hydroxylation is 3. The lowest BCUT2D eigenvalue weighted by Crippen LogP contribution is -2.61. The van der Waals surface area contributed by atoms with E-state index in [1.807, 2.05) is 20.8 Å².